The molecule has 0 bridgehead atoms. The molecule has 1 aliphatic carbocycles. The van der Waals surface area contributed by atoms with Crippen LogP contribution in [-0.2, 0) is 0 Å². The topological polar surface area (TPSA) is 18.5 Å². The lowest BCUT2D eigenvalue weighted by atomic mass is 9.98. The second kappa shape index (κ2) is 7.58. The first-order valence-electron chi connectivity index (χ1n) is 12.7. The highest BCUT2D eigenvalue weighted by atomic mass is 15.4. The molecule has 1 N–H and O–H groups in total. The molecule has 172 valence electrons. The molecule has 3 atom stereocenters. The zero-order chi connectivity index (χ0) is 23.6. The van der Waals surface area contributed by atoms with Crippen LogP contribution < -0.4 is 15.1 Å². The molecular formula is C33H25N3. The first-order valence-corrected chi connectivity index (χ1v) is 12.7. The van der Waals surface area contributed by atoms with Gasteiger partial charge in [-0.1, -0.05) is 103 Å². The highest BCUT2D eigenvalue weighted by Crippen LogP contribution is 2.52. The number of hydrogen-bond acceptors (Lipinski definition) is 3. The first kappa shape index (κ1) is 19.9. The van der Waals surface area contributed by atoms with Gasteiger partial charge in [0.1, 0.15) is 6.17 Å². The van der Waals surface area contributed by atoms with Crippen molar-refractivity contribution in [1.29, 1.82) is 0 Å². The Morgan fingerprint density at radius 1 is 0.556 bits per heavy atom. The van der Waals surface area contributed by atoms with Crippen LogP contribution in [0.1, 0.15) is 11.7 Å². The molecule has 0 aromatic heterocycles. The van der Waals surface area contributed by atoms with Crippen molar-refractivity contribution in [2.75, 3.05) is 9.80 Å². The number of nitrogens with one attached hydrogen (secondary N) is 1. The molecule has 0 saturated carbocycles. The van der Waals surface area contributed by atoms with Gasteiger partial charge in [0.2, 0.25) is 0 Å². The first-order chi connectivity index (χ1) is 17.9. The number of para-hydroxylation sites is 3. The molecule has 0 radical (unpaired) electrons. The van der Waals surface area contributed by atoms with Crippen LogP contribution in [0.2, 0.25) is 0 Å². The van der Waals surface area contributed by atoms with Crippen molar-refractivity contribution in [2.24, 2.45) is 0 Å². The van der Waals surface area contributed by atoms with Gasteiger partial charge in [-0.2, -0.15) is 0 Å². The number of rotatable bonds is 1. The summed E-state index contributed by atoms with van der Waals surface area (Å²) >= 11 is 0. The van der Waals surface area contributed by atoms with Gasteiger partial charge in [0.15, 0.2) is 0 Å². The van der Waals surface area contributed by atoms with E-state index in [0.717, 1.165) is 0 Å². The van der Waals surface area contributed by atoms with Gasteiger partial charge in [0.25, 0.3) is 0 Å². The number of anilines is 4. The third kappa shape index (κ3) is 2.72. The molecule has 0 amide bonds. The minimum Gasteiger partial charge on any atom is -0.342 e. The van der Waals surface area contributed by atoms with Crippen molar-refractivity contribution in [1.82, 2.24) is 5.32 Å². The molecule has 0 spiro atoms. The van der Waals surface area contributed by atoms with Crippen LogP contribution in [0, 0.1) is 0 Å². The van der Waals surface area contributed by atoms with Crippen LogP contribution in [0.25, 0.3) is 21.5 Å². The summed E-state index contributed by atoms with van der Waals surface area (Å²) < 4.78 is 0. The largest absolute Gasteiger partial charge is 0.342 e. The maximum Gasteiger partial charge on any atom is 0.109 e. The van der Waals surface area contributed by atoms with Crippen molar-refractivity contribution in [3.05, 3.63) is 133 Å². The van der Waals surface area contributed by atoms with Gasteiger partial charge in [0.05, 0.1) is 34.8 Å². The maximum atomic E-state index is 3.93. The Hall–Kier alpha value is -4.34. The molecule has 5 aromatic rings. The summed E-state index contributed by atoms with van der Waals surface area (Å²) in [5, 5.41) is 9.02. The second-order valence-corrected chi connectivity index (χ2v) is 9.81. The SMILES string of the molecule is C1=CC2NC3c4ccccc4N(c4cc5ccccc5c5ccccc45)c4ccccc4N3C2C=C1. The van der Waals surface area contributed by atoms with Crippen LogP contribution in [0.15, 0.2) is 127 Å². The predicted octanol–water partition coefficient (Wildman–Crippen LogP) is 7.75. The van der Waals surface area contributed by atoms with Crippen LogP contribution in [0.5, 0.6) is 0 Å². The van der Waals surface area contributed by atoms with Gasteiger partial charge >= 0.3 is 0 Å². The van der Waals surface area contributed by atoms with E-state index in [2.05, 4.69) is 143 Å². The molecular weight excluding hydrogens is 438 g/mol. The maximum absolute atomic E-state index is 3.93. The lowest BCUT2D eigenvalue weighted by molar-refractivity contribution is 0.612. The number of nitrogens with zero attached hydrogens (tertiary/aromatic N) is 2. The Labute approximate surface area is 210 Å². The Morgan fingerprint density at radius 3 is 2.11 bits per heavy atom. The van der Waals surface area contributed by atoms with Crippen molar-refractivity contribution in [3.63, 3.8) is 0 Å². The standard InChI is InChI=1S/C33H25N3/c1-2-12-23-22(11-1)21-32(25-14-4-3-13-24(23)25)35-28-17-7-5-15-26(28)33-34-27-16-6-8-18-29(27)36(33)31-20-10-9-19-30(31)35/h1-21,27,29,33-34H. The fourth-order valence-corrected chi connectivity index (χ4v) is 6.39. The monoisotopic (exact) mass is 463 g/mol. The molecule has 1 fully saturated rings. The zero-order valence-electron chi connectivity index (χ0n) is 19.8. The van der Waals surface area contributed by atoms with Crippen molar-refractivity contribution < 1.29 is 0 Å². The Bertz CT molecular complexity index is 1720. The van der Waals surface area contributed by atoms with E-state index in [0.29, 0.717) is 0 Å². The lowest BCUT2D eigenvalue weighted by Gasteiger charge is -2.32. The van der Waals surface area contributed by atoms with E-state index in [1.54, 1.807) is 0 Å². The number of fused-ring (bicyclic) bond motifs is 10. The van der Waals surface area contributed by atoms with Crippen LogP contribution >= 0.6 is 0 Å². The normalized spacial score (nSPS) is 21.7. The summed E-state index contributed by atoms with van der Waals surface area (Å²) in [5.41, 5.74) is 6.18. The van der Waals surface area contributed by atoms with E-state index in [-0.39, 0.29) is 18.2 Å². The number of benzene rings is 5. The molecule has 3 heteroatoms. The lowest BCUT2D eigenvalue weighted by Crippen LogP contribution is -2.35. The van der Waals surface area contributed by atoms with Crippen LogP contribution in [-0.4, -0.2) is 12.1 Å². The van der Waals surface area contributed by atoms with Gasteiger partial charge in [-0.3, -0.25) is 5.32 Å². The summed E-state index contributed by atoms with van der Waals surface area (Å²) in [5.74, 6) is 0. The summed E-state index contributed by atoms with van der Waals surface area (Å²) in [7, 11) is 0. The smallest absolute Gasteiger partial charge is 0.109 e. The third-order valence-electron chi connectivity index (χ3n) is 7.92. The average Bonchev–Trinajstić information content (AvgIpc) is 3.28. The van der Waals surface area contributed by atoms with Gasteiger partial charge in [0, 0.05) is 10.9 Å². The van der Waals surface area contributed by atoms with Crippen LogP contribution in [0.3, 0.4) is 0 Å². The Morgan fingerprint density at radius 2 is 1.22 bits per heavy atom. The van der Waals surface area contributed by atoms with Crippen LogP contribution in [0.4, 0.5) is 22.7 Å². The predicted molar refractivity (Wildman–Crippen MR) is 150 cm³/mol. The zero-order valence-corrected chi connectivity index (χ0v) is 19.8. The highest BCUT2D eigenvalue weighted by molar-refractivity contribution is 6.15. The quantitative estimate of drug-likeness (QED) is 0.256. The molecule has 2 heterocycles. The van der Waals surface area contributed by atoms with E-state index < -0.39 is 0 Å². The molecule has 2 aliphatic heterocycles. The summed E-state index contributed by atoms with van der Waals surface area (Å²) in [6.45, 7) is 0. The molecule has 3 unspecified atom stereocenters. The fourth-order valence-electron chi connectivity index (χ4n) is 6.39. The summed E-state index contributed by atoms with van der Waals surface area (Å²) in [6, 6.07) is 38.2. The van der Waals surface area contributed by atoms with E-state index in [1.807, 2.05) is 0 Å². The third-order valence-corrected chi connectivity index (χ3v) is 7.92. The second-order valence-electron chi connectivity index (χ2n) is 9.81. The van der Waals surface area contributed by atoms with Gasteiger partial charge in [-0.15, -0.1) is 0 Å². The minimum atomic E-state index is 0.0847. The molecule has 5 aromatic carbocycles. The van der Waals surface area contributed by atoms with Crippen molar-refractivity contribution in [2.45, 2.75) is 18.2 Å². The fraction of sp³-hybridized carbons (Fsp3) is 0.0909. The van der Waals surface area contributed by atoms with Crippen molar-refractivity contribution in [3.8, 4) is 0 Å². The van der Waals surface area contributed by atoms with Gasteiger partial charge in [-0.25, -0.2) is 0 Å². The van der Waals surface area contributed by atoms with E-state index in [9.17, 15) is 0 Å². The van der Waals surface area contributed by atoms with E-state index >= 15 is 0 Å². The average molecular weight is 464 g/mol. The Balaban J connectivity index is 1.47. The highest BCUT2D eigenvalue weighted by Gasteiger charge is 2.44. The Kier molecular flexibility index (Phi) is 4.19. The summed E-state index contributed by atoms with van der Waals surface area (Å²) in [6.07, 6.45) is 9.05. The number of hydrogen-bond donors (Lipinski definition) is 1. The van der Waals surface area contributed by atoms with Gasteiger partial charge < -0.3 is 9.80 Å². The molecule has 3 aliphatic rings. The van der Waals surface area contributed by atoms with E-state index in [4.69, 9.17) is 0 Å². The van der Waals surface area contributed by atoms with E-state index in [1.165, 1.54) is 49.9 Å². The molecule has 3 nitrogen and oxygen atoms in total. The molecule has 1 saturated heterocycles. The van der Waals surface area contributed by atoms with Crippen molar-refractivity contribution >= 4 is 44.3 Å². The summed E-state index contributed by atoms with van der Waals surface area (Å²) in [4.78, 5) is 5.05. The molecule has 8 rings (SSSR count). The minimum absolute atomic E-state index is 0.0847. The molecule has 36 heavy (non-hydrogen) atoms. The van der Waals surface area contributed by atoms with Gasteiger partial charge in [-0.05, 0) is 40.4 Å². The number of allylic oxidation sites excluding steroid dienone is 2.